The standard InChI is InChI=1S/C13H19N3O2/c1-13(5-6-18-8-13)16-11-4-3-9(7-10(11)14)12(17)15-2/h3-4,7,16H,5-6,8,14H2,1-2H3,(H,15,17). The van der Waals surface area contributed by atoms with Crippen LogP contribution in [0.4, 0.5) is 11.4 Å². The number of anilines is 2. The topological polar surface area (TPSA) is 76.4 Å². The first kappa shape index (κ1) is 12.7. The van der Waals surface area contributed by atoms with Crippen molar-refractivity contribution in [3.63, 3.8) is 0 Å². The van der Waals surface area contributed by atoms with Gasteiger partial charge in [-0.1, -0.05) is 0 Å². The van der Waals surface area contributed by atoms with E-state index in [0.29, 0.717) is 17.9 Å². The van der Waals surface area contributed by atoms with Gasteiger partial charge in [-0.15, -0.1) is 0 Å². The highest BCUT2D eigenvalue weighted by atomic mass is 16.5. The second-order valence-electron chi connectivity index (χ2n) is 4.87. The molecule has 5 heteroatoms. The molecule has 5 nitrogen and oxygen atoms in total. The summed E-state index contributed by atoms with van der Waals surface area (Å²) in [5, 5.41) is 5.96. The van der Waals surface area contributed by atoms with Crippen molar-refractivity contribution in [1.82, 2.24) is 5.32 Å². The molecule has 1 unspecified atom stereocenters. The van der Waals surface area contributed by atoms with Crippen molar-refractivity contribution < 1.29 is 9.53 Å². The number of ether oxygens (including phenoxy) is 1. The Morgan fingerprint density at radius 3 is 2.83 bits per heavy atom. The van der Waals surface area contributed by atoms with E-state index in [4.69, 9.17) is 10.5 Å². The Labute approximate surface area is 107 Å². The van der Waals surface area contributed by atoms with Crippen molar-refractivity contribution in [2.45, 2.75) is 18.9 Å². The van der Waals surface area contributed by atoms with E-state index in [1.54, 1.807) is 19.2 Å². The monoisotopic (exact) mass is 249 g/mol. The van der Waals surface area contributed by atoms with Gasteiger partial charge < -0.3 is 21.1 Å². The summed E-state index contributed by atoms with van der Waals surface area (Å²) < 4.78 is 5.38. The molecular formula is C13H19N3O2. The fourth-order valence-corrected chi connectivity index (χ4v) is 2.05. The second-order valence-corrected chi connectivity index (χ2v) is 4.87. The molecule has 0 saturated carbocycles. The molecule has 0 aliphatic carbocycles. The number of benzene rings is 1. The number of hydrogen-bond donors (Lipinski definition) is 3. The predicted molar refractivity (Wildman–Crippen MR) is 71.7 cm³/mol. The lowest BCUT2D eigenvalue weighted by Gasteiger charge is -2.26. The molecule has 1 aliphatic rings. The van der Waals surface area contributed by atoms with Crippen LogP contribution in [0.15, 0.2) is 18.2 Å². The van der Waals surface area contributed by atoms with Crippen molar-refractivity contribution in [3.05, 3.63) is 23.8 Å². The van der Waals surface area contributed by atoms with Gasteiger partial charge in [-0.2, -0.15) is 0 Å². The van der Waals surface area contributed by atoms with E-state index in [9.17, 15) is 4.79 Å². The van der Waals surface area contributed by atoms with Gasteiger partial charge in [-0.25, -0.2) is 0 Å². The molecule has 0 aromatic heterocycles. The fourth-order valence-electron chi connectivity index (χ4n) is 2.05. The summed E-state index contributed by atoms with van der Waals surface area (Å²) in [5.41, 5.74) is 7.87. The zero-order valence-corrected chi connectivity index (χ0v) is 10.7. The molecule has 0 spiro atoms. The number of hydrogen-bond acceptors (Lipinski definition) is 4. The number of nitrogens with one attached hydrogen (secondary N) is 2. The van der Waals surface area contributed by atoms with Crippen LogP contribution in [0.3, 0.4) is 0 Å². The van der Waals surface area contributed by atoms with Crippen LogP contribution in [0, 0.1) is 0 Å². The van der Waals surface area contributed by atoms with E-state index in [0.717, 1.165) is 18.7 Å². The van der Waals surface area contributed by atoms with Gasteiger partial charge in [0.15, 0.2) is 0 Å². The lowest BCUT2D eigenvalue weighted by atomic mass is 10.0. The highest BCUT2D eigenvalue weighted by Crippen LogP contribution is 2.28. The van der Waals surface area contributed by atoms with Gasteiger partial charge in [0.1, 0.15) is 0 Å². The molecular weight excluding hydrogens is 230 g/mol. The van der Waals surface area contributed by atoms with Crippen molar-refractivity contribution in [2.24, 2.45) is 0 Å². The van der Waals surface area contributed by atoms with Crippen molar-refractivity contribution >= 4 is 17.3 Å². The largest absolute Gasteiger partial charge is 0.397 e. The Hall–Kier alpha value is -1.75. The smallest absolute Gasteiger partial charge is 0.251 e. The minimum Gasteiger partial charge on any atom is -0.397 e. The second kappa shape index (κ2) is 4.86. The number of carbonyl (C=O) groups excluding carboxylic acids is 1. The van der Waals surface area contributed by atoms with Gasteiger partial charge in [0.2, 0.25) is 0 Å². The van der Waals surface area contributed by atoms with Crippen LogP contribution in [0.25, 0.3) is 0 Å². The average Bonchev–Trinajstić information content (AvgIpc) is 2.77. The summed E-state index contributed by atoms with van der Waals surface area (Å²) >= 11 is 0. The Morgan fingerprint density at radius 1 is 1.50 bits per heavy atom. The molecule has 1 aliphatic heterocycles. The molecule has 1 atom stereocenters. The van der Waals surface area contributed by atoms with Gasteiger partial charge in [-0.05, 0) is 31.5 Å². The molecule has 0 bridgehead atoms. The van der Waals surface area contributed by atoms with Crippen LogP contribution in [0.5, 0.6) is 0 Å². The first-order chi connectivity index (χ1) is 8.54. The quantitative estimate of drug-likeness (QED) is 0.704. The highest BCUT2D eigenvalue weighted by molar-refractivity contribution is 5.95. The normalized spacial score (nSPS) is 22.8. The van der Waals surface area contributed by atoms with Crippen LogP contribution in [-0.4, -0.2) is 31.7 Å². The molecule has 2 rings (SSSR count). The third-order valence-electron chi connectivity index (χ3n) is 3.20. The molecule has 1 heterocycles. The lowest BCUT2D eigenvalue weighted by molar-refractivity contribution is 0.0963. The predicted octanol–water partition coefficient (Wildman–Crippen LogP) is 1.22. The summed E-state index contributed by atoms with van der Waals surface area (Å²) in [4.78, 5) is 11.5. The summed E-state index contributed by atoms with van der Waals surface area (Å²) in [7, 11) is 1.60. The number of rotatable bonds is 3. The summed E-state index contributed by atoms with van der Waals surface area (Å²) in [5.74, 6) is -0.135. The first-order valence-electron chi connectivity index (χ1n) is 6.02. The van der Waals surface area contributed by atoms with Crippen LogP contribution in [0.2, 0.25) is 0 Å². The Balaban J connectivity index is 2.17. The number of amides is 1. The molecule has 18 heavy (non-hydrogen) atoms. The maximum absolute atomic E-state index is 11.5. The Morgan fingerprint density at radius 2 is 2.28 bits per heavy atom. The van der Waals surface area contributed by atoms with Gasteiger partial charge in [-0.3, -0.25) is 4.79 Å². The van der Waals surface area contributed by atoms with Crippen molar-refractivity contribution in [2.75, 3.05) is 31.3 Å². The maximum atomic E-state index is 11.5. The first-order valence-corrected chi connectivity index (χ1v) is 6.02. The minimum atomic E-state index is -0.135. The number of nitrogen functional groups attached to an aromatic ring is 1. The van der Waals surface area contributed by atoms with Gasteiger partial charge >= 0.3 is 0 Å². The third-order valence-corrected chi connectivity index (χ3v) is 3.20. The van der Waals surface area contributed by atoms with Crippen LogP contribution in [0.1, 0.15) is 23.7 Å². The van der Waals surface area contributed by atoms with Gasteiger partial charge in [0, 0.05) is 19.2 Å². The molecule has 4 N–H and O–H groups in total. The lowest BCUT2D eigenvalue weighted by Crippen LogP contribution is -2.35. The van der Waals surface area contributed by atoms with Crippen LogP contribution in [-0.2, 0) is 4.74 Å². The molecule has 1 amide bonds. The van der Waals surface area contributed by atoms with Crippen molar-refractivity contribution in [1.29, 1.82) is 0 Å². The number of carbonyl (C=O) groups is 1. The van der Waals surface area contributed by atoms with E-state index in [-0.39, 0.29) is 11.4 Å². The van der Waals surface area contributed by atoms with Gasteiger partial charge in [0.25, 0.3) is 5.91 Å². The number of nitrogens with two attached hydrogens (primary N) is 1. The molecule has 1 aromatic rings. The zero-order chi connectivity index (χ0) is 13.2. The maximum Gasteiger partial charge on any atom is 0.251 e. The summed E-state index contributed by atoms with van der Waals surface area (Å²) in [6.45, 7) is 3.54. The molecule has 1 saturated heterocycles. The Bertz CT molecular complexity index is 454. The van der Waals surface area contributed by atoms with Crippen LogP contribution >= 0.6 is 0 Å². The highest BCUT2D eigenvalue weighted by Gasteiger charge is 2.29. The van der Waals surface area contributed by atoms with Crippen molar-refractivity contribution in [3.8, 4) is 0 Å². The third kappa shape index (κ3) is 2.56. The average molecular weight is 249 g/mol. The van der Waals surface area contributed by atoms with Crippen LogP contribution < -0.4 is 16.4 Å². The molecule has 1 aromatic carbocycles. The fraction of sp³-hybridized carbons (Fsp3) is 0.462. The van der Waals surface area contributed by atoms with Gasteiger partial charge in [0.05, 0.1) is 23.5 Å². The molecule has 98 valence electrons. The van der Waals surface area contributed by atoms with E-state index < -0.39 is 0 Å². The zero-order valence-electron chi connectivity index (χ0n) is 10.7. The minimum absolute atomic E-state index is 0.0807. The summed E-state index contributed by atoms with van der Waals surface area (Å²) in [6, 6.07) is 5.28. The molecule has 1 fully saturated rings. The van der Waals surface area contributed by atoms with E-state index >= 15 is 0 Å². The SMILES string of the molecule is CNC(=O)c1ccc(NC2(C)CCOC2)c(N)c1. The Kier molecular flexibility index (Phi) is 3.43. The summed E-state index contributed by atoms with van der Waals surface area (Å²) in [6.07, 6.45) is 0.948. The van der Waals surface area contributed by atoms with E-state index in [2.05, 4.69) is 17.6 Å². The van der Waals surface area contributed by atoms with E-state index in [1.165, 1.54) is 0 Å². The van der Waals surface area contributed by atoms with E-state index in [1.807, 2.05) is 6.07 Å². The molecule has 0 radical (unpaired) electrons.